The van der Waals surface area contributed by atoms with Crippen molar-refractivity contribution < 1.29 is 4.74 Å². The van der Waals surface area contributed by atoms with Crippen LogP contribution in [-0.4, -0.2) is 29.3 Å². The van der Waals surface area contributed by atoms with Crippen LogP contribution >= 0.6 is 0 Å². The monoisotopic (exact) mass is 301 g/mol. The van der Waals surface area contributed by atoms with Gasteiger partial charge in [0.05, 0.1) is 11.0 Å². The predicted octanol–water partition coefficient (Wildman–Crippen LogP) is 3.58. The Hall–Kier alpha value is -1.39. The summed E-state index contributed by atoms with van der Waals surface area (Å²) in [4.78, 5) is 4.71. The SMILES string of the molecule is COCCCCn1cc(C(C)NC2CC2)c2ncc(C)cc21. The van der Waals surface area contributed by atoms with Gasteiger partial charge in [0.1, 0.15) is 0 Å². The summed E-state index contributed by atoms with van der Waals surface area (Å²) >= 11 is 0. The van der Waals surface area contributed by atoms with Crippen LogP contribution in [0.4, 0.5) is 0 Å². The second-order valence-corrected chi connectivity index (χ2v) is 6.52. The Morgan fingerprint density at radius 3 is 2.95 bits per heavy atom. The maximum Gasteiger partial charge on any atom is 0.0928 e. The first-order valence-corrected chi connectivity index (χ1v) is 8.39. The highest BCUT2D eigenvalue weighted by atomic mass is 16.5. The zero-order valence-corrected chi connectivity index (χ0v) is 13.9. The second-order valence-electron chi connectivity index (χ2n) is 6.52. The zero-order valence-electron chi connectivity index (χ0n) is 13.9. The molecule has 0 spiro atoms. The van der Waals surface area contributed by atoms with Crippen LogP contribution in [0.3, 0.4) is 0 Å². The van der Waals surface area contributed by atoms with Gasteiger partial charge < -0.3 is 14.6 Å². The molecule has 2 aromatic heterocycles. The third-order valence-corrected chi connectivity index (χ3v) is 4.41. The van der Waals surface area contributed by atoms with E-state index in [2.05, 4.69) is 36.0 Å². The van der Waals surface area contributed by atoms with E-state index in [9.17, 15) is 0 Å². The highest BCUT2D eigenvalue weighted by Gasteiger charge is 2.25. The molecule has 0 saturated heterocycles. The fraction of sp³-hybridized carbons (Fsp3) is 0.611. The summed E-state index contributed by atoms with van der Waals surface area (Å²) in [5.74, 6) is 0. The van der Waals surface area contributed by atoms with E-state index >= 15 is 0 Å². The Balaban J connectivity index is 1.84. The number of nitrogens with zero attached hydrogens (tertiary/aromatic N) is 2. The minimum atomic E-state index is 0.366. The second kappa shape index (κ2) is 6.80. The largest absolute Gasteiger partial charge is 0.385 e. The molecule has 22 heavy (non-hydrogen) atoms. The van der Waals surface area contributed by atoms with E-state index in [1.54, 1.807) is 7.11 Å². The fourth-order valence-corrected chi connectivity index (χ4v) is 3.02. The Bertz CT molecular complexity index is 631. The van der Waals surface area contributed by atoms with Crippen molar-refractivity contribution in [3.63, 3.8) is 0 Å². The van der Waals surface area contributed by atoms with Gasteiger partial charge in [0, 0.05) is 50.3 Å². The van der Waals surface area contributed by atoms with Crippen LogP contribution in [-0.2, 0) is 11.3 Å². The third-order valence-electron chi connectivity index (χ3n) is 4.41. The number of hydrogen-bond acceptors (Lipinski definition) is 3. The number of unbranched alkanes of at least 4 members (excludes halogenated alkanes) is 1. The maximum absolute atomic E-state index is 5.15. The van der Waals surface area contributed by atoms with Gasteiger partial charge in [-0.3, -0.25) is 4.98 Å². The smallest absolute Gasteiger partial charge is 0.0928 e. The van der Waals surface area contributed by atoms with Crippen LogP contribution in [0.5, 0.6) is 0 Å². The van der Waals surface area contributed by atoms with Crippen LogP contribution in [0.15, 0.2) is 18.5 Å². The molecule has 4 nitrogen and oxygen atoms in total. The van der Waals surface area contributed by atoms with Crippen molar-refractivity contribution in [2.24, 2.45) is 0 Å². The normalized spacial score (nSPS) is 16.3. The van der Waals surface area contributed by atoms with Gasteiger partial charge in [0.15, 0.2) is 0 Å². The van der Waals surface area contributed by atoms with Crippen molar-refractivity contribution in [3.05, 3.63) is 29.6 Å². The quantitative estimate of drug-likeness (QED) is 0.757. The molecule has 1 aliphatic rings. The molecule has 1 atom stereocenters. The number of nitrogens with one attached hydrogen (secondary N) is 1. The molecule has 1 aliphatic carbocycles. The Kier molecular flexibility index (Phi) is 4.79. The molecule has 120 valence electrons. The van der Waals surface area contributed by atoms with Gasteiger partial charge in [-0.05, 0) is 51.2 Å². The molecule has 2 heterocycles. The summed E-state index contributed by atoms with van der Waals surface area (Å²) in [6.45, 7) is 6.23. The number of pyridine rings is 1. The molecule has 0 aliphatic heterocycles. The zero-order chi connectivity index (χ0) is 15.5. The van der Waals surface area contributed by atoms with Crippen LogP contribution in [0.1, 0.15) is 49.8 Å². The summed E-state index contributed by atoms with van der Waals surface area (Å²) in [5.41, 5.74) is 4.96. The Morgan fingerprint density at radius 1 is 1.41 bits per heavy atom. The summed E-state index contributed by atoms with van der Waals surface area (Å²) < 4.78 is 7.52. The fourth-order valence-electron chi connectivity index (χ4n) is 3.02. The molecule has 1 saturated carbocycles. The van der Waals surface area contributed by atoms with E-state index in [0.29, 0.717) is 12.1 Å². The lowest BCUT2D eigenvalue weighted by atomic mass is 10.1. The van der Waals surface area contributed by atoms with Crippen LogP contribution in [0, 0.1) is 6.92 Å². The molecule has 0 amide bonds. The van der Waals surface area contributed by atoms with E-state index < -0.39 is 0 Å². The first kappa shape index (κ1) is 15.5. The lowest BCUT2D eigenvalue weighted by molar-refractivity contribution is 0.191. The Morgan fingerprint density at radius 2 is 2.23 bits per heavy atom. The van der Waals surface area contributed by atoms with Crippen LogP contribution in [0.25, 0.3) is 11.0 Å². The van der Waals surface area contributed by atoms with E-state index in [-0.39, 0.29) is 0 Å². The Labute approximate surface area is 132 Å². The van der Waals surface area contributed by atoms with Gasteiger partial charge in [-0.1, -0.05) is 0 Å². The molecule has 0 radical (unpaired) electrons. The molecule has 0 bridgehead atoms. The molecular weight excluding hydrogens is 274 g/mol. The maximum atomic E-state index is 5.15. The summed E-state index contributed by atoms with van der Waals surface area (Å²) in [6.07, 6.45) is 9.13. The molecule has 2 aromatic rings. The van der Waals surface area contributed by atoms with Crippen molar-refractivity contribution in [1.29, 1.82) is 0 Å². The third kappa shape index (κ3) is 3.50. The van der Waals surface area contributed by atoms with Gasteiger partial charge in [-0.2, -0.15) is 0 Å². The van der Waals surface area contributed by atoms with E-state index in [1.807, 2.05) is 6.20 Å². The number of hydrogen-bond donors (Lipinski definition) is 1. The molecule has 1 N–H and O–H groups in total. The topological polar surface area (TPSA) is 39.1 Å². The standard InChI is InChI=1S/C18H27N3O/c1-13-10-17-18(19-11-13)16(14(2)20-15-6-7-15)12-21(17)8-4-5-9-22-3/h10-12,14-15,20H,4-9H2,1-3H3. The van der Waals surface area contributed by atoms with Gasteiger partial charge in [0.25, 0.3) is 0 Å². The van der Waals surface area contributed by atoms with E-state index in [0.717, 1.165) is 31.5 Å². The predicted molar refractivity (Wildman–Crippen MR) is 90.2 cm³/mol. The average Bonchev–Trinajstić information content (AvgIpc) is 3.24. The minimum Gasteiger partial charge on any atom is -0.385 e. The molecule has 1 unspecified atom stereocenters. The first-order valence-electron chi connectivity index (χ1n) is 8.39. The number of rotatable bonds is 8. The minimum absolute atomic E-state index is 0.366. The molecule has 4 heteroatoms. The lowest BCUT2D eigenvalue weighted by Crippen LogP contribution is -2.20. The number of fused-ring (bicyclic) bond motifs is 1. The number of aryl methyl sites for hydroxylation is 2. The van der Waals surface area contributed by atoms with Crippen molar-refractivity contribution in [2.45, 2.75) is 58.2 Å². The summed E-state index contributed by atoms with van der Waals surface area (Å²) in [5, 5.41) is 3.69. The summed E-state index contributed by atoms with van der Waals surface area (Å²) in [6, 6.07) is 3.33. The van der Waals surface area contributed by atoms with Crippen LogP contribution in [0.2, 0.25) is 0 Å². The molecular formula is C18H27N3O. The van der Waals surface area contributed by atoms with Crippen molar-refractivity contribution in [3.8, 4) is 0 Å². The van der Waals surface area contributed by atoms with Crippen molar-refractivity contribution in [2.75, 3.05) is 13.7 Å². The van der Waals surface area contributed by atoms with Gasteiger partial charge in [-0.25, -0.2) is 0 Å². The number of methoxy groups -OCH3 is 1. The van der Waals surface area contributed by atoms with E-state index in [1.165, 1.54) is 29.5 Å². The summed E-state index contributed by atoms with van der Waals surface area (Å²) in [7, 11) is 1.77. The highest BCUT2D eigenvalue weighted by Crippen LogP contribution is 2.29. The van der Waals surface area contributed by atoms with Crippen molar-refractivity contribution >= 4 is 11.0 Å². The van der Waals surface area contributed by atoms with Crippen LogP contribution < -0.4 is 5.32 Å². The molecule has 0 aromatic carbocycles. The van der Waals surface area contributed by atoms with Crippen molar-refractivity contribution in [1.82, 2.24) is 14.9 Å². The van der Waals surface area contributed by atoms with Gasteiger partial charge in [-0.15, -0.1) is 0 Å². The first-order chi connectivity index (χ1) is 10.7. The van der Waals surface area contributed by atoms with E-state index in [4.69, 9.17) is 9.72 Å². The average molecular weight is 301 g/mol. The molecule has 3 rings (SSSR count). The highest BCUT2D eigenvalue weighted by molar-refractivity contribution is 5.80. The van der Waals surface area contributed by atoms with Gasteiger partial charge >= 0.3 is 0 Å². The van der Waals surface area contributed by atoms with Gasteiger partial charge in [0.2, 0.25) is 0 Å². The number of ether oxygens (including phenoxy) is 1. The lowest BCUT2D eigenvalue weighted by Gasteiger charge is -2.11. The molecule has 1 fully saturated rings. The number of aromatic nitrogens is 2.